The Balaban J connectivity index is 2.22. The van der Waals surface area contributed by atoms with E-state index in [4.69, 9.17) is 9.88 Å². The number of sulfonamides is 1. The van der Waals surface area contributed by atoms with Crippen molar-refractivity contribution in [2.24, 2.45) is 5.14 Å². The monoisotopic (exact) mass is 290 g/mol. The molecule has 0 aliphatic carbocycles. The second-order valence-electron chi connectivity index (χ2n) is 4.41. The molecule has 19 heavy (non-hydrogen) atoms. The highest BCUT2D eigenvalue weighted by molar-refractivity contribution is 7.89. The van der Waals surface area contributed by atoms with Crippen molar-refractivity contribution in [1.29, 1.82) is 0 Å². The number of anilines is 1. The van der Waals surface area contributed by atoms with E-state index in [1.165, 1.54) is 7.11 Å². The molecule has 0 bridgehead atoms. The van der Waals surface area contributed by atoms with Crippen LogP contribution in [0.4, 0.5) is 10.3 Å². The molecule has 9 heteroatoms. The summed E-state index contributed by atoms with van der Waals surface area (Å²) in [6, 6.07) is 0. The molecule has 0 amide bonds. The first kappa shape index (κ1) is 14.1. The Morgan fingerprint density at radius 3 is 2.58 bits per heavy atom. The summed E-state index contributed by atoms with van der Waals surface area (Å²) in [4.78, 5) is 9.30. The van der Waals surface area contributed by atoms with E-state index in [9.17, 15) is 12.8 Å². The van der Waals surface area contributed by atoms with Crippen molar-refractivity contribution in [1.82, 2.24) is 9.97 Å². The number of nitrogens with two attached hydrogens (primary N) is 1. The number of piperidine rings is 1. The summed E-state index contributed by atoms with van der Waals surface area (Å²) < 4.78 is 40.9. The van der Waals surface area contributed by atoms with Crippen molar-refractivity contribution in [3.63, 3.8) is 0 Å². The van der Waals surface area contributed by atoms with Gasteiger partial charge < -0.3 is 9.64 Å². The molecule has 7 nitrogen and oxygen atoms in total. The van der Waals surface area contributed by atoms with Gasteiger partial charge in [-0.3, -0.25) is 0 Å². The van der Waals surface area contributed by atoms with Crippen molar-refractivity contribution in [3.8, 4) is 0 Å². The topological polar surface area (TPSA) is 98.4 Å². The molecule has 0 saturated carbocycles. The molecule has 1 aromatic heterocycles. The Morgan fingerprint density at radius 1 is 1.42 bits per heavy atom. The van der Waals surface area contributed by atoms with Crippen LogP contribution in [0.3, 0.4) is 0 Å². The maximum atomic E-state index is 12.8. The van der Waals surface area contributed by atoms with Crippen LogP contribution in [-0.4, -0.2) is 49.9 Å². The predicted molar refractivity (Wildman–Crippen MR) is 66.5 cm³/mol. The molecule has 1 unspecified atom stereocenters. The van der Waals surface area contributed by atoms with Gasteiger partial charge in [-0.25, -0.2) is 27.9 Å². The van der Waals surface area contributed by atoms with Gasteiger partial charge in [-0.2, -0.15) is 0 Å². The lowest BCUT2D eigenvalue weighted by Gasteiger charge is -2.35. The Labute approximate surface area is 110 Å². The van der Waals surface area contributed by atoms with Crippen LogP contribution in [0.1, 0.15) is 6.42 Å². The summed E-state index contributed by atoms with van der Waals surface area (Å²) in [5.41, 5.74) is 0. The third kappa shape index (κ3) is 3.37. The molecule has 0 spiro atoms. The number of halogens is 1. The van der Waals surface area contributed by atoms with Crippen molar-refractivity contribution in [2.75, 3.05) is 25.1 Å². The molecule has 1 aliphatic rings. The lowest BCUT2D eigenvalue weighted by molar-refractivity contribution is 0.0898. The maximum absolute atomic E-state index is 12.8. The van der Waals surface area contributed by atoms with E-state index in [-0.39, 0.29) is 18.6 Å². The fourth-order valence-corrected chi connectivity index (χ4v) is 2.92. The van der Waals surface area contributed by atoms with Crippen LogP contribution in [-0.2, 0) is 14.8 Å². The summed E-state index contributed by atoms with van der Waals surface area (Å²) in [6.45, 7) is 0.610. The zero-order valence-corrected chi connectivity index (χ0v) is 11.2. The SMILES string of the molecule is CO[C@@H]1CC(S(N)(=O)=O)CN(c2ncc(F)cn2)C1. The highest BCUT2D eigenvalue weighted by Gasteiger charge is 2.34. The molecule has 2 N–H and O–H groups in total. The van der Waals surface area contributed by atoms with Crippen LogP contribution >= 0.6 is 0 Å². The summed E-state index contributed by atoms with van der Waals surface area (Å²) in [5.74, 6) is -0.288. The molecular formula is C10H15FN4O3S. The Kier molecular flexibility index (Phi) is 3.97. The van der Waals surface area contributed by atoms with E-state index in [0.29, 0.717) is 13.0 Å². The average molecular weight is 290 g/mol. The highest BCUT2D eigenvalue weighted by atomic mass is 32.2. The van der Waals surface area contributed by atoms with Gasteiger partial charge in [0.25, 0.3) is 0 Å². The molecule has 1 aliphatic heterocycles. The minimum absolute atomic E-state index is 0.171. The van der Waals surface area contributed by atoms with Crippen molar-refractivity contribution in [2.45, 2.75) is 17.8 Å². The van der Waals surface area contributed by atoms with Crippen LogP contribution in [0.25, 0.3) is 0 Å². The van der Waals surface area contributed by atoms with Crippen molar-refractivity contribution >= 4 is 16.0 Å². The van der Waals surface area contributed by atoms with Gasteiger partial charge in [-0.1, -0.05) is 0 Å². The fraction of sp³-hybridized carbons (Fsp3) is 0.600. The van der Waals surface area contributed by atoms with Crippen molar-refractivity contribution < 1.29 is 17.5 Å². The number of methoxy groups -OCH3 is 1. The zero-order chi connectivity index (χ0) is 14.0. The number of primary sulfonamides is 1. The van der Waals surface area contributed by atoms with Gasteiger partial charge in [0.2, 0.25) is 16.0 Å². The van der Waals surface area contributed by atoms with Gasteiger partial charge >= 0.3 is 0 Å². The van der Waals surface area contributed by atoms with E-state index >= 15 is 0 Å². The normalized spacial score (nSPS) is 24.5. The van der Waals surface area contributed by atoms with Gasteiger partial charge in [0.05, 0.1) is 23.7 Å². The minimum Gasteiger partial charge on any atom is -0.380 e. The van der Waals surface area contributed by atoms with E-state index in [0.717, 1.165) is 12.4 Å². The Bertz CT molecular complexity index is 536. The molecule has 2 atom stereocenters. The second-order valence-corrected chi connectivity index (χ2v) is 6.26. The van der Waals surface area contributed by atoms with Gasteiger partial charge in [0, 0.05) is 20.2 Å². The van der Waals surface area contributed by atoms with E-state index in [1.54, 1.807) is 4.90 Å². The smallest absolute Gasteiger partial charge is 0.225 e. The molecule has 1 saturated heterocycles. The number of aromatic nitrogens is 2. The fourth-order valence-electron chi connectivity index (χ4n) is 2.05. The van der Waals surface area contributed by atoms with Gasteiger partial charge in [-0.05, 0) is 6.42 Å². The largest absolute Gasteiger partial charge is 0.380 e. The van der Waals surface area contributed by atoms with Crippen LogP contribution in [0, 0.1) is 5.82 Å². The molecule has 106 valence electrons. The zero-order valence-electron chi connectivity index (χ0n) is 10.4. The maximum Gasteiger partial charge on any atom is 0.225 e. The van der Waals surface area contributed by atoms with Crippen LogP contribution in [0.2, 0.25) is 0 Å². The average Bonchev–Trinajstić information content (AvgIpc) is 2.38. The van der Waals surface area contributed by atoms with Crippen LogP contribution in [0.15, 0.2) is 12.4 Å². The number of nitrogens with zero attached hydrogens (tertiary/aromatic N) is 3. The lowest BCUT2D eigenvalue weighted by atomic mass is 10.1. The summed E-state index contributed by atoms with van der Waals surface area (Å²) in [6.07, 6.45) is 2.10. The quantitative estimate of drug-likeness (QED) is 0.805. The standard InChI is InChI=1S/C10H15FN4O3S/c1-18-8-2-9(19(12,16)17)6-15(5-8)10-13-3-7(11)4-14-10/h3-4,8-9H,2,5-6H2,1H3,(H2,12,16,17)/t8-,9?/m1/s1. The second kappa shape index (κ2) is 5.35. The first-order valence-electron chi connectivity index (χ1n) is 5.67. The Morgan fingerprint density at radius 2 is 2.05 bits per heavy atom. The molecule has 1 fully saturated rings. The first-order valence-corrected chi connectivity index (χ1v) is 7.28. The molecule has 2 heterocycles. The van der Waals surface area contributed by atoms with Crippen LogP contribution in [0.5, 0.6) is 0 Å². The first-order chi connectivity index (χ1) is 8.90. The Hall–Kier alpha value is -1.32. The minimum atomic E-state index is -3.67. The summed E-state index contributed by atoms with van der Waals surface area (Å²) in [7, 11) is -2.17. The van der Waals surface area contributed by atoms with E-state index in [2.05, 4.69) is 9.97 Å². The summed E-state index contributed by atoms with van der Waals surface area (Å²) in [5, 5.41) is 4.43. The highest BCUT2D eigenvalue weighted by Crippen LogP contribution is 2.21. The van der Waals surface area contributed by atoms with Gasteiger partial charge in [0.1, 0.15) is 0 Å². The lowest BCUT2D eigenvalue weighted by Crippen LogP contribution is -2.51. The third-order valence-corrected chi connectivity index (χ3v) is 4.33. The number of hydrogen-bond donors (Lipinski definition) is 1. The predicted octanol–water partition coefficient (Wildman–Crippen LogP) is -0.502. The van der Waals surface area contributed by atoms with E-state index in [1.807, 2.05) is 0 Å². The summed E-state index contributed by atoms with van der Waals surface area (Å²) >= 11 is 0. The number of ether oxygens (including phenoxy) is 1. The van der Waals surface area contributed by atoms with E-state index < -0.39 is 21.1 Å². The van der Waals surface area contributed by atoms with Crippen LogP contribution < -0.4 is 10.0 Å². The molecule has 1 aromatic rings. The molecule has 0 radical (unpaired) electrons. The third-order valence-electron chi connectivity index (χ3n) is 3.06. The number of hydrogen-bond acceptors (Lipinski definition) is 6. The molecule has 0 aromatic carbocycles. The molecular weight excluding hydrogens is 275 g/mol. The van der Waals surface area contributed by atoms with Gasteiger partial charge in [0.15, 0.2) is 5.82 Å². The molecule has 2 rings (SSSR count). The van der Waals surface area contributed by atoms with Gasteiger partial charge in [-0.15, -0.1) is 0 Å². The van der Waals surface area contributed by atoms with Crippen molar-refractivity contribution in [3.05, 3.63) is 18.2 Å². The number of rotatable bonds is 3.